The number of carbonyl (C=O) groups excluding carboxylic acids is 2. The van der Waals surface area contributed by atoms with E-state index in [-0.39, 0.29) is 25.0 Å². The SMILES string of the molecule is NC(Cc1ccc(O)cc1)C(=O)NC(Cc1c[nH]c2ccccc12)C(=O)NC(CCC(=O)O)C(=O)O. The molecule has 0 bridgehead atoms. The number of carboxylic acid groups (broad SMARTS) is 2. The molecular weight excluding hydrogens is 468 g/mol. The average molecular weight is 497 g/mol. The van der Waals surface area contributed by atoms with Crippen LogP contribution >= 0.6 is 0 Å². The number of carboxylic acids is 2. The number of H-pyrrole nitrogens is 1. The van der Waals surface area contributed by atoms with Crippen LogP contribution in [0.3, 0.4) is 0 Å². The number of carbonyl (C=O) groups is 4. The third-order valence-electron chi connectivity index (χ3n) is 5.72. The van der Waals surface area contributed by atoms with Gasteiger partial charge in [0.1, 0.15) is 17.8 Å². The molecule has 0 aliphatic heterocycles. The molecule has 2 amide bonds. The largest absolute Gasteiger partial charge is 0.508 e. The number of benzene rings is 2. The lowest BCUT2D eigenvalue weighted by Gasteiger charge is -2.23. The van der Waals surface area contributed by atoms with Crippen LogP contribution in [0.15, 0.2) is 54.7 Å². The highest BCUT2D eigenvalue weighted by Crippen LogP contribution is 2.19. The standard InChI is InChI=1S/C25H28N4O7/c26-18(11-14-5-7-16(30)8-6-14)23(33)29-21(12-15-13-27-19-4-2-1-3-17(15)19)24(34)28-20(25(35)36)9-10-22(31)32/h1-8,13,18,20-21,27,30H,9-12,26H2,(H,28,34)(H,29,33)(H,31,32)(H,35,36). The Kier molecular flexibility index (Phi) is 8.63. The molecule has 3 unspecified atom stereocenters. The molecule has 190 valence electrons. The molecule has 36 heavy (non-hydrogen) atoms. The van der Waals surface area contributed by atoms with E-state index >= 15 is 0 Å². The quantitative estimate of drug-likeness (QED) is 0.192. The second-order valence-corrected chi connectivity index (χ2v) is 8.43. The Hall–Kier alpha value is -4.38. The van der Waals surface area contributed by atoms with Gasteiger partial charge in [-0.25, -0.2) is 4.79 Å². The van der Waals surface area contributed by atoms with E-state index in [0.717, 1.165) is 16.5 Å². The van der Waals surface area contributed by atoms with Crippen molar-refractivity contribution in [3.8, 4) is 5.75 Å². The number of fused-ring (bicyclic) bond motifs is 1. The molecule has 3 aromatic rings. The summed E-state index contributed by atoms with van der Waals surface area (Å²) in [6.07, 6.45) is 1.12. The highest BCUT2D eigenvalue weighted by Gasteiger charge is 2.29. The summed E-state index contributed by atoms with van der Waals surface area (Å²) in [7, 11) is 0. The molecule has 0 fully saturated rings. The summed E-state index contributed by atoms with van der Waals surface area (Å²) in [6.45, 7) is 0. The zero-order chi connectivity index (χ0) is 26.2. The first-order valence-corrected chi connectivity index (χ1v) is 11.3. The predicted molar refractivity (Wildman–Crippen MR) is 130 cm³/mol. The van der Waals surface area contributed by atoms with Crippen LogP contribution in [-0.2, 0) is 32.0 Å². The lowest BCUT2D eigenvalue weighted by molar-refractivity contribution is -0.143. The Morgan fingerprint density at radius 1 is 0.889 bits per heavy atom. The van der Waals surface area contributed by atoms with Gasteiger partial charge in [-0.15, -0.1) is 0 Å². The number of aromatic hydroxyl groups is 1. The maximum atomic E-state index is 13.1. The van der Waals surface area contributed by atoms with Crippen molar-refractivity contribution in [1.82, 2.24) is 15.6 Å². The maximum Gasteiger partial charge on any atom is 0.326 e. The average Bonchev–Trinajstić information content (AvgIpc) is 3.25. The number of phenols is 1. The van der Waals surface area contributed by atoms with Crippen LogP contribution in [0.2, 0.25) is 0 Å². The van der Waals surface area contributed by atoms with E-state index in [9.17, 15) is 29.4 Å². The highest BCUT2D eigenvalue weighted by molar-refractivity contribution is 5.93. The van der Waals surface area contributed by atoms with Crippen molar-refractivity contribution < 1.29 is 34.5 Å². The van der Waals surface area contributed by atoms with E-state index in [4.69, 9.17) is 10.8 Å². The number of phenolic OH excluding ortho intramolecular Hbond substituents is 1. The number of aromatic nitrogens is 1. The summed E-state index contributed by atoms with van der Waals surface area (Å²) in [5.74, 6) is -3.91. The van der Waals surface area contributed by atoms with Gasteiger partial charge in [-0.3, -0.25) is 14.4 Å². The van der Waals surface area contributed by atoms with Gasteiger partial charge in [0.15, 0.2) is 0 Å². The van der Waals surface area contributed by atoms with Gasteiger partial charge in [0, 0.05) is 29.9 Å². The van der Waals surface area contributed by atoms with E-state index < -0.39 is 48.3 Å². The van der Waals surface area contributed by atoms with Crippen molar-refractivity contribution in [3.63, 3.8) is 0 Å². The van der Waals surface area contributed by atoms with Gasteiger partial charge in [0.2, 0.25) is 11.8 Å². The Morgan fingerprint density at radius 3 is 2.22 bits per heavy atom. The monoisotopic (exact) mass is 496 g/mol. The fraction of sp³-hybridized carbons (Fsp3) is 0.280. The van der Waals surface area contributed by atoms with Crippen LogP contribution in [0.25, 0.3) is 10.9 Å². The number of rotatable bonds is 12. The zero-order valence-electron chi connectivity index (χ0n) is 19.3. The second-order valence-electron chi connectivity index (χ2n) is 8.43. The molecule has 11 nitrogen and oxygen atoms in total. The number of nitrogens with two attached hydrogens (primary N) is 1. The molecule has 0 spiro atoms. The van der Waals surface area contributed by atoms with Crippen LogP contribution in [-0.4, -0.2) is 62.2 Å². The summed E-state index contributed by atoms with van der Waals surface area (Å²) in [6, 6.07) is 9.92. The molecule has 0 radical (unpaired) electrons. The predicted octanol–water partition coefficient (Wildman–Crippen LogP) is 0.905. The summed E-state index contributed by atoms with van der Waals surface area (Å²) in [4.78, 5) is 51.5. The topological polar surface area (TPSA) is 195 Å². The van der Waals surface area contributed by atoms with Crippen molar-refractivity contribution in [2.24, 2.45) is 5.73 Å². The Balaban J connectivity index is 1.78. The molecule has 3 rings (SSSR count). The van der Waals surface area contributed by atoms with Gasteiger partial charge >= 0.3 is 11.9 Å². The maximum absolute atomic E-state index is 13.1. The van der Waals surface area contributed by atoms with Crippen LogP contribution in [0.4, 0.5) is 0 Å². The van der Waals surface area contributed by atoms with Crippen molar-refractivity contribution in [2.45, 2.75) is 43.8 Å². The minimum atomic E-state index is -1.44. The highest BCUT2D eigenvalue weighted by atomic mass is 16.4. The van der Waals surface area contributed by atoms with Gasteiger partial charge in [-0.1, -0.05) is 30.3 Å². The third kappa shape index (κ3) is 7.06. The van der Waals surface area contributed by atoms with Crippen LogP contribution in [0.1, 0.15) is 24.0 Å². The minimum absolute atomic E-state index is 0.0405. The van der Waals surface area contributed by atoms with Gasteiger partial charge in [-0.2, -0.15) is 0 Å². The van der Waals surface area contributed by atoms with Crippen molar-refractivity contribution in [2.75, 3.05) is 0 Å². The minimum Gasteiger partial charge on any atom is -0.508 e. The normalized spacial score (nSPS) is 13.5. The fourth-order valence-corrected chi connectivity index (χ4v) is 3.78. The summed E-state index contributed by atoms with van der Waals surface area (Å²) in [5, 5.41) is 33.5. The number of aliphatic carboxylic acids is 2. The number of para-hydroxylation sites is 1. The zero-order valence-corrected chi connectivity index (χ0v) is 19.3. The smallest absolute Gasteiger partial charge is 0.326 e. The summed E-state index contributed by atoms with van der Waals surface area (Å²) in [5.41, 5.74) is 8.30. The Morgan fingerprint density at radius 2 is 1.56 bits per heavy atom. The van der Waals surface area contributed by atoms with Gasteiger partial charge in [-0.05, 0) is 42.2 Å². The van der Waals surface area contributed by atoms with Crippen molar-refractivity contribution in [1.29, 1.82) is 0 Å². The van der Waals surface area contributed by atoms with E-state index in [1.807, 2.05) is 24.3 Å². The molecule has 3 atom stereocenters. The van der Waals surface area contributed by atoms with E-state index in [1.165, 1.54) is 12.1 Å². The molecule has 8 N–H and O–H groups in total. The lowest BCUT2D eigenvalue weighted by Crippen LogP contribution is -2.55. The first kappa shape index (κ1) is 26.2. The number of aromatic amines is 1. The number of amides is 2. The molecule has 2 aromatic carbocycles. The second kappa shape index (κ2) is 11.8. The number of hydrogen-bond donors (Lipinski definition) is 7. The molecule has 1 heterocycles. The Bertz CT molecular complexity index is 1240. The molecule has 0 aliphatic carbocycles. The molecule has 0 aliphatic rings. The van der Waals surface area contributed by atoms with Crippen molar-refractivity contribution in [3.05, 3.63) is 65.9 Å². The molecular formula is C25H28N4O7. The van der Waals surface area contributed by atoms with Gasteiger partial charge in [0.05, 0.1) is 6.04 Å². The molecule has 1 aromatic heterocycles. The lowest BCUT2D eigenvalue weighted by atomic mass is 10.0. The van der Waals surface area contributed by atoms with Crippen LogP contribution in [0.5, 0.6) is 5.75 Å². The number of nitrogens with one attached hydrogen (secondary N) is 3. The van der Waals surface area contributed by atoms with Crippen LogP contribution in [0, 0.1) is 0 Å². The van der Waals surface area contributed by atoms with Crippen molar-refractivity contribution >= 4 is 34.7 Å². The molecule has 0 saturated heterocycles. The first-order valence-electron chi connectivity index (χ1n) is 11.3. The van der Waals surface area contributed by atoms with E-state index in [1.54, 1.807) is 18.3 Å². The first-order chi connectivity index (χ1) is 17.1. The Labute approximate surface area is 206 Å². The fourth-order valence-electron chi connectivity index (χ4n) is 3.78. The van der Waals surface area contributed by atoms with Gasteiger partial charge < -0.3 is 36.7 Å². The third-order valence-corrected chi connectivity index (χ3v) is 5.72. The summed E-state index contributed by atoms with van der Waals surface area (Å²) < 4.78 is 0. The molecule has 0 saturated carbocycles. The van der Waals surface area contributed by atoms with E-state index in [0.29, 0.717) is 5.56 Å². The molecule has 11 heteroatoms. The summed E-state index contributed by atoms with van der Waals surface area (Å²) >= 11 is 0. The van der Waals surface area contributed by atoms with E-state index in [2.05, 4.69) is 15.6 Å². The number of hydrogen-bond acceptors (Lipinski definition) is 6. The van der Waals surface area contributed by atoms with Gasteiger partial charge in [0.25, 0.3) is 0 Å². The van der Waals surface area contributed by atoms with Crippen LogP contribution < -0.4 is 16.4 Å².